The topological polar surface area (TPSA) is 41.1 Å². The zero-order chi connectivity index (χ0) is 12.9. The summed E-state index contributed by atoms with van der Waals surface area (Å²) in [5, 5.41) is 5.88. The molecule has 0 aliphatic carbocycles. The van der Waals surface area contributed by atoms with Crippen molar-refractivity contribution in [2.75, 3.05) is 12.4 Å². The van der Waals surface area contributed by atoms with E-state index < -0.39 is 5.54 Å². The van der Waals surface area contributed by atoms with E-state index in [1.54, 1.807) is 7.05 Å². The maximum absolute atomic E-state index is 11.9. The predicted molar refractivity (Wildman–Crippen MR) is 72.2 cm³/mol. The number of hydrogen-bond donors (Lipinski definition) is 2. The largest absolute Gasteiger partial charge is 0.325 e. The molecule has 0 atom stereocenters. The molecule has 0 aliphatic rings. The minimum atomic E-state index is -0.553. The molecule has 3 heteroatoms. The summed E-state index contributed by atoms with van der Waals surface area (Å²) in [6, 6.07) is 8.03. The molecule has 1 aromatic carbocycles. The molecule has 0 heterocycles. The van der Waals surface area contributed by atoms with Crippen LogP contribution in [-0.2, 0) is 11.2 Å². The van der Waals surface area contributed by atoms with Gasteiger partial charge < -0.3 is 10.6 Å². The number of carbonyl (C=O) groups excluding carboxylic acids is 1. The fourth-order valence-electron chi connectivity index (χ4n) is 1.44. The summed E-state index contributed by atoms with van der Waals surface area (Å²) < 4.78 is 0. The lowest BCUT2D eigenvalue weighted by Gasteiger charge is -2.22. The average molecular weight is 234 g/mol. The maximum atomic E-state index is 11.9. The predicted octanol–water partition coefficient (Wildman–Crippen LogP) is 2.58. The molecule has 17 heavy (non-hydrogen) atoms. The zero-order valence-electron chi connectivity index (χ0n) is 11.1. The van der Waals surface area contributed by atoms with Gasteiger partial charge in [-0.25, -0.2) is 0 Å². The second kappa shape index (κ2) is 5.82. The molecule has 0 radical (unpaired) electrons. The second-order valence-electron chi connectivity index (χ2n) is 4.78. The highest BCUT2D eigenvalue weighted by Gasteiger charge is 2.24. The molecule has 0 spiro atoms. The third kappa shape index (κ3) is 3.86. The van der Waals surface area contributed by atoms with Crippen molar-refractivity contribution in [2.45, 2.75) is 39.2 Å². The molecule has 0 aromatic heterocycles. The smallest absolute Gasteiger partial charge is 0.244 e. The van der Waals surface area contributed by atoms with E-state index in [2.05, 4.69) is 29.7 Å². The number of likely N-dealkylation sites (N-methyl/N-ethyl adjacent to an activating group) is 1. The van der Waals surface area contributed by atoms with Crippen molar-refractivity contribution < 1.29 is 4.79 Å². The molecule has 0 saturated carbocycles. The van der Waals surface area contributed by atoms with E-state index in [9.17, 15) is 4.79 Å². The highest BCUT2D eigenvalue weighted by Crippen LogP contribution is 2.13. The number of hydrogen-bond acceptors (Lipinski definition) is 2. The lowest BCUT2D eigenvalue weighted by atomic mass is 10.0. The Hall–Kier alpha value is -1.35. The fraction of sp³-hybridized carbons (Fsp3) is 0.500. The van der Waals surface area contributed by atoms with Crippen molar-refractivity contribution in [3.05, 3.63) is 29.8 Å². The molecular formula is C14H22N2O. The van der Waals surface area contributed by atoms with Gasteiger partial charge in [-0.2, -0.15) is 0 Å². The van der Waals surface area contributed by atoms with Crippen LogP contribution in [0.25, 0.3) is 0 Å². The number of benzene rings is 1. The number of aryl methyl sites for hydroxylation is 1. The van der Waals surface area contributed by atoms with Gasteiger partial charge in [0, 0.05) is 5.69 Å². The monoisotopic (exact) mass is 234 g/mol. The Balaban J connectivity index is 2.66. The molecule has 0 unspecified atom stereocenters. The van der Waals surface area contributed by atoms with Crippen LogP contribution in [0.15, 0.2) is 24.3 Å². The van der Waals surface area contributed by atoms with Gasteiger partial charge in [0.2, 0.25) is 5.91 Å². The number of amides is 1. The van der Waals surface area contributed by atoms with E-state index in [0.29, 0.717) is 0 Å². The second-order valence-corrected chi connectivity index (χ2v) is 4.78. The van der Waals surface area contributed by atoms with Crippen molar-refractivity contribution in [3.8, 4) is 0 Å². The first-order valence-corrected chi connectivity index (χ1v) is 6.09. The summed E-state index contributed by atoms with van der Waals surface area (Å²) in [7, 11) is 1.78. The molecule has 1 amide bonds. The van der Waals surface area contributed by atoms with E-state index in [1.165, 1.54) is 5.56 Å². The Morgan fingerprint density at radius 2 is 1.82 bits per heavy atom. The minimum Gasteiger partial charge on any atom is -0.325 e. The van der Waals surface area contributed by atoms with Gasteiger partial charge in [0.25, 0.3) is 0 Å². The number of carbonyl (C=O) groups is 1. The third-order valence-corrected chi connectivity index (χ3v) is 2.94. The van der Waals surface area contributed by atoms with Gasteiger partial charge in [-0.05, 0) is 45.0 Å². The van der Waals surface area contributed by atoms with Crippen LogP contribution in [0, 0.1) is 0 Å². The maximum Gasteiger partial charge on any atom is 0.244 e. The van der Waals surface area contributed by atoms with E-state index >= 15 is 0 Å². The molecule has 94 valence electrons. The Morgan fingerprint density at radius 3 is 2.29 bits per heavy atom. The Labute approximate surface area is 104 Å². The molecule has 1 rings (SSSR count). The normalized spacial score (nSPS) is 11.3. The van der Waals surface area contributed by atoms with Gasteiger partial charge in [0.15, 0.2) is 0 Å². The van der Waals surface area contributed by atoms with Crippen LogP contribution in [0.5, 0.6) is 0 Å². The number of nitrogens with one attached hydrogen (secondary N) is 2. The van der Waals surface area contributed by atoms with Crippen molar-refractivity contribution in [3.63, 3.8) is 0 Å². The summed E-state index contributed by atoms with van der Waals surface area (Å²) in [5.41, 5.74) is 1.60. The fourth-order valence-corrected chi connectivity index (χ4v) is 1.44. The Kier molecular flexibility index (Phi) is 4.70. The number of rotatable bonds is 5. The highest BCUT2D eigenvalue weighted by atomic mass is 16.2. The molecular weight excluding hydrogens is 212 g/mol. The van der Waals surface area contributed by atoms with Gasteiger partial charge in [-0.1, -0.05) is 25.5 Å². The van der Waals surface area contributed by atoms with E-state index in [-0.39, 0.29) is 5.91 Å². The van der Waals surface area contributed by atoms with Crippen molar-refractivity contribution in [1.82, 2.24) is 5.32 Å². The molecule has 0 bridgehead atoms. The van der Waals surface area contributed by atoms with Crippen LogP contribution in [0.1, 0.15) is 32.8 Å². The van der Waals surface area contributed by atoms with Crippen LogP contribution in [-0.4, -0.2) is 18.5 Å². The molecule has 0 saturated heterocycles. The first-order valence-electron chi connectivity index (χ1n) is 6.09. The molecule has 3 nitrogen and oxygen atoms in total. The molecule has 1 aromatic rings. The summed E-state index contributed by atoms with van der Waals surface area (Å²) >= 11 is 0. The van der Waals surface area contributed by atoms with Crippen molar-refractivity contribution in [1.29, 1.82) is 0 Å². The molecule has 2 N–H and O–H groups in total. The Morgan fingerprint density at radius 1 is 1.24 bits per heavy atom. The standard InChI is InChI=1S/C14H22N2O/c1-5-6-11-7-9-12(10-8-11)16-13(17)14(2,3)15-4/h7-10,15H,5-6H2,1-4H3,(H,16,17). The number of anilines is 1. The highest BCUT2D eigenvalue weighted by molar-refractivity contribution is 5.97. The van der Waals surface area contributed by atoms with Gasteiger partial charge in [-0.3, -0.25) is 4.79 Å². The first kappa shape index (κ1) is 13.7. The first-order chi connectivity index (χ1) is 7.99. The van der Waals surface area contributed by atoms with Crippen LogP contribution in [0.4, 0.5) is 5.69 Å². The van der Waals surface area contributed by atoms with E-state index in [4.69, 9.17) is 0 Å². The van der Waals surface area contributed by atoms with Crippen LogP contribution in [0.2, 0.25) is 0 Å². The zero-order valence-corrected chi connectivity index (χ0v) is 11.1. The lowest BCUT2D eigenvalue weighted by Crippen LogP contribution is -2.47. The van der Waals surface area contributed by atoms with Gasteiger partial charge in [0.05, 0.1) is 5.54 Å². The lowest BCUT2D eigenvalue weighted by molar-refractivity contribution is -0.121. The SMILES string of the molecule is CCCc1ccc(NC(=O)C(C)(C)NC)cc1. The van der Waals surface area contributed by atoms with Gasteiger partial charge in [0.1, 0.15) is 0 Å². The van der Waals surface area contributed by atoms with Crippen LogP contribution in [0.3, 0.4) is 0 Å². The summed E-state index contributed by atoms with van der Waals surface area (Å²) in [4.78, 5) is 11.9. The summed E-state index contributed by atoms with van der Waals surface area (Å²) in [5.74, 6) is -0.0248. The summed E-state index contributed by atoms with van der Waals surface area (Å²) in [6.07, 6.45) is 2.22. The Bertz CT molecular complexity index is 368. The van der Waals surface area contributed by atoms with Crippen molar-refractivity contribution >= 4 is 11.6 Å². The van der Waals surface area contributed by atoms with Crippen LogP contribution < -0.4 is 10.6 Å². The van der Waals surface area contributed by atoms with Crippen LogP contribution >= 0.6 is 0 Å². The third-order valence-electron chi connectivity index (χ3n) is 2.94. The minimum absolute atomic E-state index is 0.0248. The van der Waals surface area contributed by atoms with E-state index in [1.807, 2.05) is 26.0 Å². The van der Waals surface area contributed by atoms with Crippen molar-refractivity contribution in [2.24, 2.45) is 0 Å². The quantitative estimate of drug-likeness (QED) is 0.822. The van der Waals surface area contributed by atoms with E-state index in [0.717, 1.165) is 18.5 Å². The van der Waals surface area contributed by atoms with Gasteiger partial charge in [-0.15, -0.1) is 0 Å². The molecule has 0 aliphatic heterocycles. The molecule has 0 fully saturated rings. The summed E-state index contributed by atoms with van der Waals surface area (Å²) in [6.45, 7) is 5.87. The average Bonchev–Trinajstić information content (AvgIpc) is 2.32. The van der Waals surface area contributed by atoms with Gasteiger partial charge >= 0.3 is 0 Å².